The number of carbonyl (C=O) groups excluding carboxylic acids is 1. The summed E-state index contributed by atoms with van der Waals surface area (Å²) in [5.41, 5.74) is 4.46. The highest BCUT2D eigenvalue weighted by Crippen LogP contribution is 2.42. The lowest BCUT2D eigenvalue weighted by molar-refractivity contribution is -0.119. The van der Waals surface area contributed by atoms with Crippen LogP contribution in [0.5, 0.6) is 11.8 Å². The summed E-state index contributed by atoms with van der Waals surface area (Å²) in [6.07, 6.45) is 6.69. The van der Waals surface area contributed by atoms with Crippen LogP contribution in [0, 0.1) is 0 Å². The monoisotopic (exact) mass is 705 g/mol. The van der Waals surface area contributed by atoms with Crippen molar-refractivity contribution in [3.63, 3.8) is 0 Å². The molecule has 4 aromatic rings. The number of aliphatic hydroxyl groups is 1. The van der Waals surface area contributed by atoms with Crippen molar-refractivity contribution in [2.45, 2.75) is 70.3 Å². The molecule has 0 spiro atoms. The Morgan fingerprint density at radius 2 is 1.49 bits per heavy atom. The van der Waals surface area contributed by atoms with E-state index >= 15 is 0 Å². The van der Waals surface area contributed by atoms with E-state index in [0.717, 1.165) is 36.9 Å². The largest absolute Gasteiger partial charge is 0.480 e. The molecule has 0 aliphatic carbocycles. The molecule has 0 bridgehead atoms. The summed E-state index contributed by atoms with van der Waals surface area (Å²) in [4.78, 5) is 32.6. The minimum atomic E-state index is -0.819. The molecule has 0 saturated carbocycles. The molecule has 2 aromatic carbocycles. The Kier molecular flexibility index (Phi) is 10.7. The lowest BCUT2D eigenvalue weighted by Crippen LogP contribution is -2.45. The first-order valence-corrected chi connectivity index (χ1v) is 17.2. The van der Waals surface area contributed by atoms with Crippen LogP contribution >= 0.6 is 23.2 Å². The fraction of sp³-hybridized carbons (Fsp3) is 0.417. The van der Waals surface area contributed by atoms with Gasteiger partial charge in [-0.05, 0) is 39.7 Å². The quantitative estimate of drug-likeness (QED) is 0.169. The maximum Gasteiger partial charge on any atom is 0.237 e. The fourth-order valence-electron chi connectivity index (χ4n) is 6.69. The second-order valence-corrected chi connectivity index (χ2v) is 13.7. The number of hydrogen-bond donors (Lipinski definition) is 3. The van der Waals surface area contributed by atoms with Gasteiger partial charge in [-0.2, -0.15) is 0 Å². The molecule has 13 heteroatoms. The molecular weight excluding hydrogens is 665 g/mol. The zero-order valence-corrected chi connectivity index (χ0v) is 29.6. The molecule has 2 aliphatic rings. The first-order valence-electron chi connectivity index (χ1n) is 16.4. The average Bonchev–Trinajstić information content (AvgIpc) is 3.74. The maximum absolute atomic E-state index is 11.5. The van der Waals surface area contributed by atoms with Crippen LogP contribution in [-0.4, -0.2) is 80.8 Å². The number of hydrogen-bond acceptors (Lipinski definition) is 10. The van der Waals surface area contributed by atoms with Gasteiger partial charge in [0.25, 0.3) is 0 Å². The molecule has 1 amide bonds. The minimum Gasteiger partial charge on any atom is -0.480 e. The second kappa shape index (κ2) is 14.9. The molecule has 4 heterocycles. The van der Waals surface area contributed by atoms with E-state index in [0.29, 0.717) is 81.8 Å². The Hall–Kier alpha value is -3.87. The van der Waals surface area contributed by atoms with Crippen LogP contribution < -0.4 is 20.1 Å². The van der Waals surface area contributed by atoms with Crippen molar-refractivity contribution < 1.29 is 19.4 Å². The summed E-state index contributed by atoms with van der Waals surface area (Å²) in [6.45, 7) is 6.16. The topological polar surface area (TPSA) is 135 Å². The van der Waals surface area contributed by atoms with Gasteiger partial charge < -0.3 is 25.2 Å². The van der Waals surface area contributed by atoms with Crippen LogP contribution in [0.25, 0.3) is 33.6 Å². The summed E-state index contributed by atoms with van der Waals surface area (Å²) in [7, 11) is 3.14. The summed E-state index contributed by atoms with van der Waals surface area (Å²) in [5, 5.41) is 17.9. The molecule has 2 fully saturated rings. The van der Waals surface area contributed by atoms with Crippen LogP contribution in [0.2, 0.25) is 10.0 Å². The number of halogens is 2. The van der Waals surface area contributed by atoms with Gasteiger partial charge in [0, 0.05) is 60.4 Å². The van der Waals surface area contributed by atoms with Crippen molar-refractivity contribution >= 4 is 29.1 Å². The molecule has 49 heavy (non-hydrogen) atoms. The van der Waals surface area contributed by atoms with E-state index in [1.165, 1.54) is 0 Å². The molecule has 11 nitrogen and oxygen atoms in total. The van der Waals surface area contributed by atoms with E-state index in [9.17, 15) is 9.90 Å². The van der Waals surface area contributed by atoms with Gasteiger partial charge in [0.2, 0.25) is 17.7 Å². The predicted octanol–water partition coefficient (Wildman–Crippen LogP) is 5.70. The number of ether oxygens (including phenoxy) is 2. The van der Waals surface area contributed by atoms with Crippen molar-refractivity contribution in [2.75, 3.05) is 27.3 Å². The standard InChI is InChI=1S/C36H41Cl2N7O4/c1-36(2,47)30-12-7-15-45(30)20-29-35(49-4)44-27(19-41-29)25-11-6-9-23(33(25)38)22-8-5-10-24(32(22)37)26-18-40-28(34(43-26)48-3)17-39-16-21-13-14-31(46)42-21/h5-6,8-11,18-19,21,30,39,47H,7,12-17,20H2,1-4H3,(H,42,46)/t21-,30?/m0/s1. The Balaban J connectivity index is 1.24. The summed E-state index contributed by atoms with van der Waals surface area (Å²) < 4.78 is 11.3. The molecule has 258 valence electrons. The van der Waals surface area contributed by atoms with E-state index in [1.54, 1.807) is 26.6 Å². The number of carbonyl (C=O) groups is 1. The lowest BCUT2D eigenvalue weighted by atomic mass is 9.96. The van der Waals surface area contributed by atoms with Crippen LogP contribution in [-0.2, 0) is 17.9 Å². The van der Waals surface area contributed by atoms with Gasteiger partial charge in [-0.1, -0.05) is 59.6 Å². The zero-order valence-electron chi connectivity index (χ0n) is 28.1. The molecular formula is C36H41Cl2N7O4. The Morgan fingerprint density at radius 1 is 0.918 bits per heavy atom. The van der Waals surface area contributed by atoms with Gasteiger partial charge in [-0.25, -0.2) is 9.97 Å². The van der Waals surface area contributed by atoms with Gasteiger partial charge in [-0.3, -0.25) is 19.7 Å². The SMILES string of the molecule is COc1nc(-c2cccc(-c3cccc(-c4cnc(CN5CCCC5C(C)(C)O)c(OC)n4)c3Cl)c2Cl)cnc1CNC[C@@H]1CCC(=O)N1. The van der Waals surface area contributed by atoms with E-state index in [4.69, 9.17) is 47.6 Å². The highest BCUT2D eigenvalue weighted by atomic mass is 35.5. The predicted molar refractivity (Wildman–Crippen MR) is 190 cm³/mol. The fourth-order valence-corrected chi connectivity index (χ4v) is 7.34. The second-order valence-electron chi connectivity index (χ2n) is 13.0. The van der Waals surface area contributed by atoms with Gasteiger partial charge in [0.1, 0.15) is 11.4 Å². The van der Waals surface area contributed by atoms with Gasteiger partial charge in [0.15, 0.2) is 0 Å². The number of nitrogens with one attached hydrogen (secondary N) is 2. The lowest BCUT2D eigenvalue weighted by Gasteiger charge is -2.33. The highest BCUT2D eigenvalue weighted by Gasteiger charge is 2.36. The van der Waals surface area contributed by atoms with Crippen molar-refractivity contribution in [1.82, 2.24) is 35.5 Å². The van der Waals surface area contributed by atoms with Gasteiger partial charge in [0.05, 0.1) is 53.6 Å². The van der Waals surface area contributed by atoms with E-state index in [-0.39, 0.29) is 18.0 Å². The van der Waals surface area contributed by atoms with Crippen LogP contribution in [0.4, 0.5) is 0 Å². The molecule has 2 aliphatic heterocycles. The summed E-state index contributed by atoms with van der Waals surface area (Å²) >= 11 is 14.1. The Morgan fingerprint density at radius 3 is 2.04 bits per heavy atom. The smallest absolute Gasteiger partial charge is 0.237 e. The number of amides is 1. The van der Waals surface area contributed by atoms with Crippen molar-refractivity contribution in [3.05, 3.63) is 70.2 Å². The summed E-state index contributed by atoms with van der Waals surface area (Å²) in [6, 6.07) is 11.5. The van der Waals surface area contributed by atoms with Crippen LogP contribution in [0.1, 0.15) is 50.9 Å². The highest BCUT2D eigenvalue weighted by molar-refractivity contribution is 6.39. The third-order valence-corrected chi connectivity index (χ3v) is 9.96. The molecule has 3 N–H and O–H groups in total. The Bertz CT molecular complexity index is 1830. The number of benzene rings is 2. The van der Waals surface area contributed by atoms with Crippen LogP contribution in [0.3, 0.4) is 0 Å². The first-order chi connectivity index (χ1) is 23.6. The molecule has 1 unspecified atom stereocenters. The third kappa shape index (κ3) is 7.66. The number of aromatic nitrogens is 4. The number of methoxy groups -OCH3 is 2. The molecule has 2 atom stereocenters. The zero-order chi connectivity index (χ0) is 34.7. The molecule has 2 saturated heterocycles. The minimum absolute atomic E-state index is 0.0328. The molecule has 6 rings (SSSR count). The van der Waals surface area contributed by atoms with Crippen LogP contribution in [0.15, 0.2) is 48.8 Å². The van der Waals surface area contributed by atoms with Gasteiger partial charge >= 0.3 is 0 Å². The maximum atomic E-state index is 11.5. The Labute approximate surface area is 296 Å². The number of likely N-dealkylation sites (tertiary alicyclic amines) is 1. The van der Waals surface area contributed by atoms with Crippen molar-refractivity contribution in [3.8, 4) is 45.4 Å². The van der Waals surface area contributed by atoms with Gasteiger partial charge in [-0.15, -0.1) is 0 Å². The molecule has 0 radical (unpaired) electrons. The third-order valence-electron chi connectivity index (χ3n) is 9.15. The molecule has 2 aromatic heterocycles. The van der Waals surface area contributed by atoms with E-state index in [2.05, 4.69) is 20.5 Å². The van der Waals surface area contributed by atoms with Crippen molar-refractivity contribution in [1.29, 1.82) is 0 Å². The van der Waals surface area contributed by atoms with E-state index in [1.807, 2.05) is 50.2 Å². The van der Waals surface area contributed by atoms with Crippen molar-refractivity contribution in [2.24, 2.45) is 0 Å². The average molecular weight is 707 g/mol. The first kappa shape index (κ1) is 35.0. The number of nitrogens with zero attached hydrogens (tertiary/aromatic N) is 5. The number of rotatable bonds is 12. The van der Waals surface area contributed by atoms with E-state index < -0.39 is 5.60 Å². The normalized spacial score (nSPS) is 18.1. The summed E-state index contributed by atoms with van der Waals surface area (Å²) in [5.74, 6) is 0.883.